The Bertz CT molecular complexity index is 479. The van der Waals surface area contributed by atoms with Crippen molar-refractivity contribution >= 4 is 6.03 Å². The number of hydrogen-bond acceptors (Lipinski definition) is 4. The lowest BCUT2D eigenvalue weighted by Gasteiger charge is -2.24. The Labute approximate surface area is 137 Å². The zero-order valence-electron chi connectivity index (χ0n) is 13.9. The van der Waals surface area contributed by atoms with Crippen LogP contribution in [-0.4, -0.2) is 60.5 Å². The van der Waals surface area contributed by atoms with E-state index in [0.717, 1.165) is 18.7 Å². The Morgan fingerprint density at radius 3 is 2.65 bits per heavy atom. The van der Waals surface area contributed by atoms with Gasteiger partial charge in [-0.05, 0) is 18.7 Å². The van der Waals surface area contributed by atoms with Crippen LogP contribution in [-0.2, 0) is 11.3 Å². The Morgan fingerprint density at radius 1 is 1.30 bits per heavy atom. The molecule has 2 amide bonds. The number of aliphatic hydroxyl groups excluding tert-OH is 1. The first-order chi connectivity index (χ1) is 11.1. The summed E-state index contributed by atoms with van der Waals surface area (Å²) in [6.45, 7) is 7.47. The molecule has 1 heterocycles. The van der Waals surface area contributed by atoms with Gasteiger partial charge in [0.2, 0.25) is 0 Å². The summed E-state index contributed by atoms with van der Waals surface area (Å²) in [7, 11) is 0. The minimum absolute atomic E-state index is 0.255. The number of nitrogens with zero attached hydrogens (tertiary/aromatic N) is 1. The lowest BCUT2D eigenvalue weighted by atomic mass is 10.1. The minimum Gasteiger partial charge on any atom is -0.388 e. The summed E-state index contributed by atoms with van der Waals surface area (Å²) < 4.78 is 5.64. The lowest BCUT2D eigenvalue weighted by molar-refractivity contribution is 0.0173. The third-order valence-electron chi connectivity index (χ3n) is 4.23. The molecule has 1 aliphatic rings. The van der Waals surface area contributed by atoms with Crippen LogP contribution >= 0.6 is 0 Å². The van der Waals surface area contributed by atoms with Gasteiger partial charge in [-0.25, -0.2) is 4.79 Å². The number of carbonyl (C=O) groups excluding carboxylic acids is 1. The van der Waals surface area contributed by atoms with E-state index in [2.05, 4.69) is 29.4 Å². The number of amides is 2. The number of rotatable bonds is 7. The van der Waals surface area contributed by atoms with Crippen LogP contribution in [0.25, 0.3) is 0 Å². The van der Waals surface area contributed by atoms with Crippen LogP contribution in [0, 0.1) is 0 Å². The molecule has 1 aromatic carbocycles. The molecule has 0 radical (unpaired) electrons. The van der Waals surface area contributed by atoms with Crippen molar-refractivity contribution < 1.29 is 14.6 Å². The standard InChI is InChI=1S/C17H27N3O3/c1-3-20(4-2)11-15-16(21)14(12-23-15)19-17(22)18-10-13-8-6-5-7-9-13/h5-9,14-16,21H,3-4,10-12H2,1-2H3,(H2,18,19,22)/t14?,15-,16+/m0/s1. The van der Waals surface area contributed by atoms with Gasteiger partial charge in [0, 0.05) is 13.1 Å². The average molecular weight is 321 g/mol. The molecule has 1 fully saturated rings. The van der Waals surface area contributed by atoms with Crippen LogP contribution in [0.5, 0.6) is 0 Å². The molecule has 0 spiro atoms. The maximum atomic E-state index is 12.0. The number of urea groups is 1. The molecular weight excluding hydrogens is 294 g/mol. The molecule has 1 aliphatic heterocycles. The SMILES string of the molecule is CCN(CC)C[C@@H]1OCC(NC(=O)NCc2ccccc2)[C@H]1O. The predicted octanol–water partition coefficient (Wildman–Crippen LogP) is 0.956. The molecule has 0 aromatic heterocycles. The topological polar surface area (TPSA) is 73.8 Å². The quantitative estimate of drug-likeness (QED) is 0.699. The number of likely N-dealkylation sites (N-methyl/N-ethyl adjacent to an activating group) is 1. The summed E-state index contributed by atoms with van der Waals surface area (Å²) in [5.41, 5.74) is 1.03. The van der Waals surface area contributed by atoms with Gasteiger partial charge in [-0.2, -0.15) is 0 Å². The van der Waals surface area contributed by atoms with E-state index < -0.39 is 6.10 Å². The van der Waals surface area contributed by atoms with Gasteiger partial charge in [-0.1, -0.05) is 44.2 Å². The van der Waals surface area contributed by atoms with Gasteiger partial charge in [0.15, 0.2) is 0 Å². The van der Waals surface area contributed by atoms with Gasteiger partial charge in [-0.15, -0.1) is 0 Å². The predicted molar refractivity (Wildman–Crippen MR) is 89.1 cm³/mol. The second kappa shape index (κ2) is 8.86. The first-order valence-electron chi connectivity index (χ1n) is 8.24. The van der Waals surface area contributed by atoms with Crippen LogP contribution in [0.15, 0.2) is 30.3 Å². The first kappa shape index (κ1) is 17.7. The highest BCUT2D eigenvalue weighted by molar-refractivity contribution is 5.74. The van der Waals surface area contributed by atoms with E-state index in [1.165, 1.54) is 0 Å². The van der Waals surface area contributed by atoms with E-state index in [1.54, 1.807) is 0 Å². The zero-order chi connectivity index (χ0) is 16.7. The van der Waals surface area contributed by atoms with Crippen LogP contribution in [0.2, 0.25) is 0 Å². The van der Waals surface area contributed by atoms with Gasteiger partial charge in [-0.3, -0.25) is 0 Å². The fraction of sp³-hybridized carbons (Fsp3) is 0.588. The number of aliphatic hydroxyl groups is 1. The molecule has 3 atom stereocenters. The maximum Gasteiger partial charge on any atom is 0.315 e. The van der Waals surface area contributed by atoms with Crippen molar-refractivity contribution in [3.8, 4) is 0 Å². The summed E-state index contributed by atoms with van der Waals surface area (Å²) in [4.78, 5) is 14.2. The van der Waals surface area contributed by atoms with E-state index >= 15 is 0 Å². The number of benzene rings is 1. The molecule has 1 aromatic rings. The molecular formula is C17H27N3O3. The Hall–Kier alpha value is -1.63. The molecule has 2 rings (SSSR count). The van der Waals surface area contributed by atoms with Gasteiger partial charge in [0.25, 0.3) is 0 Å². The molecule has 0 bridgehead atoms. The van der Waals surface area contributed by atoms with Gasteiger partial charge >= 0.3 is 6.03 Å². The molecule has 23 heavy (non-hydrogen) atoms. The fourth-order valence-corrected chi connectivity index (χ4v) is 2.71. The van der Waals surface area contributed by atoms with Gasteiger partial charge in [0.05, 0.1) is 18.8 Å². The average Bonchev–Trinajstić information content (AvgIpc) is 2.92. The van der Waals surface area contributed by atoms with E-state index in [9.17, 15) is 9.90 Å². The third-order valence-corrected chi connectivity index (χ3v) is 4.23. The maximum absolute atomic E-state index is 12.0. The van der Waals surface area contributed by atoms with Gasteiger partial charge < -0.3 is 25.4 Å². The van der Waals surface area contributed by atoms with Crippen molar-refractivity contribution in [1.82, 2.24) is 15.5 Å². The summed E-state index contributed by atoms with van der Waals surface area (Å²) >= 11 is 0. The Morgan fingerprint density at radius 2 is 2.00 bits per heavy atom. The van der Waals surface area contributed by atoms with Crippen molar-refractivity contribution in [2.45, 2.75) is 38.6 Å². The van der Waals surface area contributed by atoms with E-state index in [0.29, 0.717) is 19.7 Å². The van der Waals surface area contributed by atoms with Crippen molar-refractivity contribution in [2.75, 3.05) is 26.2 Å². The molecule has 6 heteroatoms. The molecule has 3 N–H and O–H groups in total. The fourth-order valence-electron chi connectivity index (χ4n) is 2.71. The Kier molecular flexibility index (Phi) is 6.83. The van der Waals surface area contributed by atoms with E-state index in [4.69, 9.17) is 4.74 Å². The van der Waals surface area contributed by atoms with Crippen molar-refractivity contribution in [3.63, 3.8) is 0 Å². The molecule has 0 saturated carbocycles. The molecule has 6 nitrogen and oxygen atoms in total. The summed E-state index contributed by atoms with van der Waals surface area (Å²) in [6.07, 6.45) is -0.938. The van der Waals surface area contributed by atoms with Crippen molar-refractivity contribution in [1.29, 1.82) is 0 Å². The largest absolute Gasteiger partial charge is 0.388 e. The molecule has 0 aliphatic carbocycles. The van der Waals surface area contributed by atoms with Crippen LogP contribution in [0.4, 0.5) is 4.79 Å². The second-order valence-corrected chi connectivity index (χ2v) is 5.77. The third kappa shape index (κ3) is 5.20. The summed E-state index contributed by atoms with van der Waals surface area (Å²) in [5, 5.41) is 15.9. The zero-order valence-corrected chi connectivity index (χ0v) is 13.9. The van der Waals surface area contributed by atoms with Crippen LogP contribution < -0.4 is 10.6 Å². The van der Waals surface area contributed by atoms with Crippen molar-refractivity contribution in [3.05, 3.63) is 35.9 Å². The molecule has 1 saturated heterocycles. The van der Waals surface area contributed by atoms with Crippen LogP contribution in [0.3, 0.4) is 0 Å². The summed E-state index contributed by atoms with van der Waals surface area (Å²) in [6, 6.07) is 9.05. The Balaban J connectivity index is 1.76. The normalized spacial score (nSPS) is 23.9. The smallest absolute Gasteiger partial charge is 0.315 e. The molecule has 1 unspecified atom stereocenters. The number of hydrogen-bond donors (Lipinski definition) is 3. The summed E-state index contributed by atoms with van der Waals surface area (Å²) in [5.74, 6) is 0. The van der Waals surface area contributed by atoms with Crippen molar-refractivity contribution in [2.24, 2.45) is 0 Å². The van der Waals surface area contributed by atoms with Crippen LogP contribution in [0.1, 0.15) is 19.4 Å². The van der Waals surface area contributed by atoms with E-state index in [-0.39, 0.29) is 18.2 Å². The minimum atomic E-state index is -0.682. The van der Waals surface area contributed by atoms with E-state index in [1.807, 2.05) is 30.3 Å². The first-order valence-corrected chi connectivity index (χ1v) is 8.24. The number of carbonyl (C=O) groups is 1. The highest BCUT2D eigenvalue weighted by atomic mass is 16.5. The highest BCUT2D eigenvalue weighted by Gasteiger charge is 2.37. The lowest BCUT2D eigenvalue weighted by Crippen LogP contribution is -2.49. The highest BCUT2D eigenvalue weighted by Crippen LogP contribution is 2.15. The number of nitrogens with one attached hydrogen (secondary N) is 2. The monoisotopic (exact) mass is 321 g/mol. The van der Waals surface area contributed by atoms with Gasteiger partial charge in [0.1, 0.15) is 6.10 Å². The number of ether oxygens (including phenoxy) is 1. The molecule has 128 valence electrons. The second-order valence-electron chi connectivity index (χ2n) is 5.77.